The fourth-order valence-electron chi connectivity index (χ4n) is 2.78. The summed E-state index contributed by atoms with van der Waals surface area (Å²) in [7, 11) is 0. The van der Waals surface area contributed by atoms with Crippen molar-refractivity contribution in [3.8, 4) is 5.75 Å². The molecule has 1 saturated heterocycles. The lowest BCUT2D eigenvalue weighted by molar-refractivity contribution is -0.144. The average molecular weight is 357 g/mol. The highest BCUT2D eigenvalue weighted by molar-refractivity contribution is 6.39. The maximum absolute atomic E-state index is 12.3. The first kappa shape index (κ1) is 17.5. The third kappa shape index (κ3) is 3.69. The van der Waals surface area contributed by atoms with Gasteiger partial charge in [-0.15, -0.1) is 0 Å². The topological polar surface area (TPSA) is 103 Å². The number of carbonyl (C=O) groups excluding carboxylic acids is 3. The van der Waals surface area contributed by atoms with Gasteiger partial charge in [-0.05, 0) is 42.8 Å². The van der Waals surface area contributed by atoms with Gasteiger partial charge in [0.25, 0.3) is 5.91 Å². The van der Waals surface area contributed by atoms with Crippen LogP contribution >= 0.6 is 0 Å². The summed E-state index contributed by atoms with van der Waals surface area (Å²) in [6.07, 6.45) is 1.43. The van der Waals surface area contributed by atoms with Gasteiger partial charge in [-0.1, -0.05) is 0 Å². The van der Waals surface area contributed by atoms with E-state index < -0.39 is 11.8 Å². The molecule has 1 aromatic carbocycles. The second-order valence-electron chi connectivity index (χ2n) is 6.02. The van der Waals surface area contributed by atoms with E-state index in [-0.39, 0.29) is 30.5 Å². The molecule has 3 rings (SSSR count). The number of phenols is 1. The Morgan fingerprint density at radius 3 is 2.38 bits per heavy atom. The minimum Gasteiger partial charge on any atom is -0.508 e. The van der Waals surface area contributed by atoms with Crippen molar-refractivity contribution >= 4 is 23.4 Å². The predicted molar refractivity (Wildman–Crippen MR) is 92.7 cm³/mol. The first-order valence-electron chi connectivity index (χ1n) is 8.18. The van der Waals surface area contributed by atoms with Gasteiger partial charge in [0.1, 0.15) is 5.75 Å². The number of amides is 3. The summed E-state index contributed by atoms with van der Waals surface area (Å²) in [4.78, 5) is 39.7. The van der Waals surface area contributed by atoms with Crippen LogP contribution in [0.2, 0.25) is 0 Å². The van der Waals surface area contributed by atoms with Gasteiger partial charge in [0, 0.05) is 31.9 Å². The predicted octanol–water partition coefficient (Wildman–Crippen LogP) is 1.22. The number of hydrogen-bond donors (Lipinski definition) is 2. The number of hydrogen-bond acceptors (Lipinski definition) is 5. The maximum atomic E-state index is 12.3. The molecule has 0 saturated carbocycles. The zero-order valence-corrected chi connectivity index (χ0v) is 14.3. The lowest BCUT2D eigenvalue weighted by Crippen LogP contribution is -2.53. The van der Waals surface area contributed by atoms with Gasteiger partial charge < -0.3 is 24.6 Å². The summed E-state index contributed by atoms with van der Waals surface area (Å²) in [6, 6.07) is 7.71. The highest BCUT2D eigenvalue weighted by atomic mass is 16.3. The zero-order chi connectivity index (χ0) is 18.7. The van der Waals surface area contributed by atoms with Gasteiger partial charge in [-0.2, -0.15) is 0 Å². The molecule has 2 heterocycles. The number of nitrogens with zero attached hydrogens (tertiary/aromatic N) is 2. The number of carbonyl (C=O) groups is 3. The Balaban J connectivity index is 1.56. The van der Waals surface area contributed by atoms with Gasteiger partial charge in [0.2, 0.25) is 0 Å². The van der Waals surface area contributed by atoms with Crippen LogP contribution in [0.3, 0.4) is 0 Å². The number of nitrogens with one attached hydrogen (secondary N) is 1. The third-order valence-corrected chi connectivity index (χ3v) is 4.24. The number of aryl methyl sites for hydroxylation is 1. The lowest BCUT2D eigenvalue weighted by Gasteiger charge is -2.33. The molecule has 1 aliphatic rings. The van der Waals surface area contributed by atoms with Crippen LogP contribution in [0.4, 0.5) is 5.69 Å². The van der Waals surface area contributed by atoms with E-state index in [2.05, 4.69) is 5.32 Å². The molecule has 136 valence electrons. The molecule has 2 aromatic rings. The molecular weight excluding hydrogens is 338 g/mol. The van der Waals surface area contributed by atoms with Crippen LogP contribution < -0.4 is 5.32 Å². The number of rotatable bonds is 2. The molecule has 1 aliphatic heterocycles. The quantitative estimate of drug-likeness (QED) is 0.621. The summed E-state index contributed by atoms with van der Waals surface area (Å²) >= 11 is 0. The van der Waals surface area contributed by atoms with Crippen molar-refractivity contribution in [1.82, 2.24) is 9.80 Å². The molecule has 1 fully saturated rings. The molecular formula is C18H19N3O5. The van der Waals surface area contributed by atoms with E-state index in [1.165, 1.54) is 29.4 Å². The van der Waals surface area contributed by atoms with Crippen LogP contribution in [0.1, 0.15) is 16.1 Å². The van der Waals surface area contributed by atoms with Crippen molar-refractivity contribution in [2.45, 2.75) is 6.92 Å². The highest BCUT2D eigenvalue weighted by Crippen LogP contribution is 2.20. The molecule has 3 amide bonds. The highest BCUT2D eigenvalue weighted by Gasteiger charge is 2.29. The first-order chi connectivity index (χ1) is 12.5. The Hall–Kier alpha value is -3.29. The smallest absolute Gasteiger partial charge is 0.313 e. The van der Waals surface area contributed by atoms with Gasteiger partial charge in [0.15, 0.2) is 5.76 Å². The second-order valence-corrected chi connectivity index (χ2v) is 6.02. The van der Waals surface area contributed by atoms with E-state index in [9.17, 15) is 19.5 Å². The molecule has 0 aliphatic carbocycles. The van der Waals surface area contributed by atoms with Crippen LogP contribution in [-0.2, 0) is 9.59 Å². The van der Waals surface area contributed by atoms with Crippen molar-refractivity contribution in [3.05, 3.63) is 47.9 Å². The van der Waals surface area contributed by atoms with Crippen LogP contribution in [0, 0.1) is 6.92 Å². The van der Waals surface area contributed by atoms with E-state index >= 15 is 0 Å². The first-order valence-corrected chi connectivity index (χ1v) is 8.18. The van der Waals surface area contributed by atoms with Crippen molar-refractivity contribution in [2.24, 2.45) is 0 Å². The van der Waals surface area contributed by atoms with Crippen molar-refractivity contribution in [3.63, 3.8) is 0 Å². The Kier molecular flexibility index (Phi) is 4.92. The normalized spacial score (nSPS) is 14.2. The number of anilines is 1. The summed E-state index contributed by atoms with van der Waals surface area (Å²) in [5.41, 5.74) is 1.12. The number of piperazine rings is 1. The SMILES string of the molecule is Cc1cc(O)ccc1NC(=O)C(=O)N1CCN(C(=O)c2ccco2)CC1. The van der Waals surface area contributed by atoms with E-state index in [1.807, 2.05) is 0 Å². The summed E-state index contributed by atoms with van der Waals surface area (Å²) in [5, 5.41) is 12.0. The summed E-state index contributed by atoms with van der Waals surface area (Å²) in [5.74, 6) is -1.28. The van der Waals surface area contributed by atoms with E-state index in [1.54, 1.807) is 24.0 Å². The van der Waals surface area contributed by atoms with Gasteiger partial charge in [-0.25, -0.2) is 0 Å². The van der Waals surface area contributed by atoms with Crippen LogP contribution in [0.5, 0.6) is 5.75 Å². The maximum Gasteiger partial charge on any atom is 0.313 e. The van der Waals surface area contributed by atoms with Crippen molar-refractivity contribution < 1.29 is 23.9 Å². The fraction of sp³-hybridized carbons (Fsp3) is 0.278. The van der Waals surface area contributed by atoms with Gasteiger partial charge in [0.05, 0.1) is 6.26 Å². The fourth-order valence-corrected chi connectivity index (χ4v) is 2.78. The minimum atomic E-state index is -0.746. The molecule has 0 bridgehead atoms. The summed E-state index contributed by atoms with van der Waals surface area (Å²) in [6.45, 7) is 2.92. The molecule has 0 spiro atoms. The molecule has 0 atom stereocenters. The lowest BCUT2D eigenvalue weighted by atomic mass is 10.2. The molecule has 26 heavy (non-hydrogen) atoms. The molecule has 2 N–H and O–H groups in total. The molecule has 0 unspecified atom stereocenters. The number of phenolic OH excluding ortho intramolecular Hbond substituents is 1. The zero-order valence-electron chi connectivity index (χ0n) is 14.3. The minimum absolute atomic E-state index is 0.0872. The number of furan rings is 1. The van der Waals surface area contributed by atoms with Gasteiger partial charge in [-0.3, -0.25) is 14.4 Å². The number of benzene rings is 1. The molecule has 8 nitrogen and oxygen atoms in total. The van der Waals surface area contributed by atoms with Crippen LogP contribution in [0.25, 0.3) is 0 Å². The van der Waals surface area contributed by atoms with E-state index in [0.29, 0.717) is 24.3 Å². The van der Waals surface area contributed by atoms with Crippen LogP contribution in [-0.4, -0.2) is 58.8 Å². The molecule has 8 heteroatoms. The third-order valence-electron chi connectivity index (χ3n) is 4.24. The second kappa shape index (κ2) is 7.30. The van der Waals surface area contributed by atoms with Crippen molar-refractivity contribution in [2.75, 3.05) is 31.5 Å². The Bertz CT molecular complexity index is 823. The van der Waals surface area contributed by atoms with Gasteiger partial charge >= 0.3 is 11.8 Å². The average Bonchev–Trinajstić information content (AvgIpc) is 3.17. The van der Waals surface area contributed by atoms with E-state index in [4.69, 9.17) is 4.42 Å². The monoisotopic (exact) mass is 357 g/mol. The van der Waals surface area contributed by atoms with Crippen LogP contribution in [0.15, 0.2) is 41.0 Å². The largest absolute Gasteiger partial charge is 0.508 e. The van der Waals surface area contributed by atoms with Crippen molar-refractivity contribution in [1.29, 1.82) is 0 Å². The standard InChI is InChI=1S/C18H19N3O5/c1-12-11-13(22)4-5-14(12)19-16(23)18(25)21-8-6-20(7-9-21)17(24)15-3-2-10-26-15/h2-5,10-11,22H,6-9H2,1H3,(H,19,23). The number of aromatic hydroxyl groups is 1. The Labute approximate surface area is 150 Å². The summed E-state index contributed by atoms with van der Waals surface area (Å²) < 4.78 is 5.09. The molecule has 1 aromatic heterocycles. The molecule has 0 radical (unpaired) electrons. The Morgan fingerprint density at radius 1 is 1.08 bits per heavy atom. The Morgan fingerprint density at radius 2 is 1.77 bits per heavy atom. The van der Waals surface area contributed by atoms with E-state index in [0.717, 1.165) is 0 Å².